The van der Waals surface area contributed by atoms with Crippen molar-refractivity contribution in [2.45, 2.75) is 166 Å². The topological polar surface area (TPSA) is 194 Å². The van der Waals surface area contributed by atoms with Crippen molar-refractivity contribution < 1.29 is 48.3 Å². The van der Waals surface area contributed by atoms with Crippen LogP contribution in [0, 0.1) is 0 Å². The van der Waals surface area contributed by atoms with Gasteiger partial charge in [-0.1, -0.05) is 115 Å². The lowest BCUT2D eigenvalue weighted by Gasteiger charge is -2.48. The predicted molar refractivity (Wildman–Crippen MR) is 266 cm³/mol. The number of aliphatic hydroxyl groups excluding tert-OH is 2. The highest BCUT2D eigenvalue weighted by molar-refractivity contribution is 6.08. The Bertz CT molecular complexity index is 2150. The van der Waals surface area contributed by atoms with Crippen LogP contribution in [0.3, 0.4) is 0 Å². The molecule has 0 saturated heterocycles. The van der Waals surface area contributed by atoms with Gasteiger partial charge in [-0.05, 0) is 71.8 Å². The SMILES string of the molecule is CCCCCC(=O)OCC1(COC(=O)CCCCC)Nc2cccc3c(C4C(O)C(c5ccc6c7c(cccc57)NC(COC(=O)CCCCC)(COC(=O)CCCCC)N6)C4O)ccc(c23)N1. The zero-order valence-electron chi connectivity index (χ0n) is 40.4. The molecular weight excluding hydrogens is 865 g/mol. The number of carbonyl (C=O) groups is 4. The van der Waals surface area contributed by atoms with Gasteiger partial charge in [-0.15, -0.1) is 0 Å². The van der Waals surface area contributed by atoms with Gasteiger partial charge in [0.25, 0.3) is 0 Å². The van der Waals surface area contributed by atoms with Gasteiger partial charge in [0.15, 0.2) is 11.3 Å². The second-order valence-corrected chi connectivity index (χ2v) is 19.0. The highest BCUT2D eigenvalue weighted by Crippen LogP contribution is 2.54. The van der Waals surface area contributed by atoms with E-state index in [-0.39, 0.29) is 50.3 Å². The van der Waals surface area contributed by atoms with E-state index < -0.39 is 35.4 Å². The molecule has 0 unspecified atom stereocenters. The van der Waals surface area contributed by atoms with E-state index in [2.05, 4.69) is 49.0 Å². The van der Waals surface area contributed by atoms with Crippen LogP contribution >= 0.6 is 0 Å². The number of hydrogen-bond acceptors (Lipinski definition) is 14. The smallest absolute Gasteiger partial charge is 0.305 e. The van der Waals surface area contributed by atoms with Crippen molar-refractivity contribution in [3.63, 3.8) is 0 Å². The number of nitrogens with one attached hydrogen (secondary N) is 4. The van der Waals surface area contributed by atoms with Gasteiger partial charge in [0.1, 0.15) is 26.4 Å². The van der Waals surface area contributed by atoms with Crippen molar-refractivity contribution in [3.05, 3.63) is 71.8 Å². The van der Waals surface area contributed by atoms with Crippen molar-refractivity contribution in [1.82, 2.24) is 0 Å². The van der Waals surface area contributed by atoms with E-state index in [9.17, 15) is 29.4 Å². The third-order valence-corrected chi connectivity index (χ3v) is 13.7. The van der Waals surface area contributed by atoms with E-state index in [1.165, 1.54) is 0 Å². The lowest BCUT2D eigenvalue weighted by molar-refractivity contribution is -0.150. The molecule has 6 N–H and O–H groups in total. The molecule has 2 heterocycles. The molecule has 0 aromatic heterocycles. The zero-order valence-corrected chi connectivity index (χ0v) is 40.4. The van der Waals surface area contributed by atoms with Crippen LogP contribution in [0.1, 0.15) is 153 Å². The Balaban J connectivity index is 1.11. The number of benzene rings is 4. The second-order valence-electron chi connectivity index (χ2n) is 19.0. The molecule has 3 aliphatic rings. The van der Waals surface area contributed by atoms with Crippen molar-refractivity contribution in [2.75, 3.05) is 47.7 Å². The average molecular weight is 937 g/mol. The fourth-order valence-electron chi connectivity index (χ4n) is 9.94. The number of aliphatic hydroxyl groups is 2. The molecule has 68 heavy (non-hydrogen) atoms. The van der Waals surface area contributed by atoms with Crippen LogP contribution in [0.5, 0.6) is 0 Å². The quantitative estimate of drug-likeness (QED) is 0.0198. The summed E-state index contributed by atoms with van der Waals surface area (Å²) in [4.78, 5) is 51.4. The van der Waals surface area contributed by atoms with Crippen molar-refractivity contribution in [2.24, 2.45) is 0 Å². The van der Waals surface area contributed by atoms with Crippen LogP contribution in [-0.4, -0.2) is 84.1 Å². The molecule has 0 atom stereocenters. The predicted octanol–water partition coefficient (Wildman–Crippen LogP) is 10.2. The van der Waals surface area contributed by atoms with Crippen LogP contribution in [0.4, 0.5) is 22.7 Å². The minimum Gasteiger partial charge on any atom is -0.461 e. The molecule has 4 aromatic carbocycles. The Labute approximate surface area is 400 Å². The van der Waals surface area contributed by atoms with Crippen LogP contribution < -0.4 is 21.3 Å². The molecule has 368 valence electrons. The lowest BCUT2D eigenvalue weighted by atomic mass is 9.62. The van der Waals surface area contributed by atoms with E-state index in [1.54, 1.807) is 0 Å². The molecule has 0 amide bonds. The van der Waals surface area contributed by atoms with Crippen LogP contribution in [0.15, 0.2) is 60.7 Å². The fourth-order valence-corrected chi connectivity index (χ4v) is 9.94. The van der Waals surface area contributed by atoms with Crippen LogP contribution in [0.2, 0.25) is 0 Å². The Morgan fingerprint density at radius 3 is 1.03 bits per heavy atom. The largest absolute Gasteiger partial charge is 0.461 e. The first-order valence-electron chi connectivity index (χ1n) is 25.2. The van der Waals surface area contributed by atoms with Gasteiger partial charge in [-0.2, -0.15) is 0 Å². The number of ether oxygens (including phenoxy) is 4. The standard InChI is InChI=1S/C54H72N4O10/c1-5-9-13-23-43(59)65-31-53(32-66-44(60)24-14-10-6-2)55-39-21-17-19-35-37(27-29-41(57-53)47(35)39)49-51(63)50(52(49)64)38-28-30-42-48-36(38)20-18-22-40(48)56-54(58-42,33-67-45(61)25-15-11-7-3)34-68-46(62)26-16-12-8-4/h17-22,27-30,49-52,55-58,63-64H,5-16,23-26,31-34H2,1-4H3. The Hall–Kier alpha value is -5.60. The summed E-state index contributed by atoms with van der Waals surface area (Å²) in [6, 6.07) is 19.3. The number of rotatable bonds is 26. The van der Waals surface area contributed by atoms with Crippen molar-refractivity contribution >= 4 is 68.2 Å². The summed E-state index contributed by atoms with van der Waals surface area (Å²) in [5.74, 6) is -2.50. The molecule has 0 bridgehead atoms. The minimum atomic E-state index is -1.14. The third-order valence-electron chi connectivity index (χ3n) is 13.7. The van der Waals surface area contributed by atoms with E-state index >= 15 is 0 Å². The summed E-state index contributed by atoms with van der Waals surface area (Å²) < 4.78 is 23.3. The summed E-state index contributed by atoms with van der Waals surface area (Å²) in [7, 11) is 0. The van der Waals surface area contributed by atoms with Crippen LogP contribution in [0.25, 0.3) is 21.5 Å². The maximum absolute atomic E-state index is 12.8. The van der Waals surface area contributed by atoms with Crippen molar-refractivity contribution in [3.8, 4) is 0 Å². The van der Waals surface area contributed by atoms with E-state index in [0.717, 1.165) is 132 Å². The molecule has 1 saturated carbocycles. The first-order valence-corrected chi connectivity index (χ1v) is 25.2. The average Bonchev–Trinajstić information content (AvgIpc) is 3.33. The molecule has 0 radical (unpaired) electrons. The van der Waals surface area contributed by atoms with Gasteiger partial charge in [0.05, 0.1) is 12.2 Å². The molecule has 4 aromatic rings. The first kappa shape index (κ1) is 50.3. The molecule has 14 nitrogen and oxygen atoms in total. The third kappa shape index (κ3) is 11.5. The number of unbranched alkanes of at least 4 members (excludes halogenated alkanes) is 8. The molecule has 1 fully saturated rings. The van der Waals surface area contributed by atoms with E-state index in [4.69, 9.17) is 18.9 Å². The van der Waals surface area contributed by atoms with Crippen molar-refractivity contribution in [1.29, 1.82) is 0 Å². The lowest BCUT2D eigenvalue weighted by Crippen LogP contribution is -2.56. The van der Waals surface area contributed by atoms with Gasteiger partial charge in [-0.3, -0.25) is 19.2 Å². The molecular formula is C54H72N4O10. The zero-order chi connectivity index (χ0) is 48.3. The number of carbonyl (C=O) groups excluding carboxylic acids is 4. The maximum atomic E-state index is 12.8. The van der Waals surface area contributed by atoms with E-state index in [1.807, 2.05) is 60.7 Å². The van der Waals surface area contributed by atoms with Gasteiger partial charge >= 0.3 is 23.9 Å². The number of anilines is 4. The highest BCUT2D eigenvalue weighted by Gasteiger charge is 2.52. The monoisotopic (exact) mass is 937 g/mol. The Morgan fingerprint density at radius 2 is 0.735 bits per heavy atom. The molecule has 0 spiro atoms. The fraction of sp³-hybridized carbons (Fsp3) is 0.556. The van der Waals surface area contributed by atoms with Crippen LogP contribution in [-0.2, 0) is 38.1 Å². The molecule has 2 aliphatic heterocycles. The summed E-state index contributed by atoms with van der Waals surface area (Å²) >= 11 is 0. The van der Waals surface area contributed by atoms with E-state index in [0.29, 0.717) is 25.7 Å². The minimum absolute atomic E-state index is 0.0842. The molecule has 1 aliphatic carbocycles. The second kappa shape index (κ2) is 23.1. The Morgan fingerprint density at radius 1 is 0.441 bits per heavy atom. The summed E-state index contributed by atoms with van der Waals surface area (Å²) in [5.41, 5.74) is 2.23. The summed E-state index contributed by atoms with van der Waals surface area (Å²) in [5, 5.41) is 41.7. The number of esters is 4. The summed E-state index contributed by atoms with van der Waals surface area (Å²) in [6.45, 7) is 7.97. The highest BCUT2D eigenvalue weighted by atomic mass is 16.6. The van der Waals surface area contributed by atoms with Gasteiger partial charge in [0, 0.05) is 71.0 Å². The normalized spacial score (nSPS) is 19.4. The van der Waals surface area contributed by atoms with Gasteiger partial charge in [0.2, 0.25) is 0 Å². The molecule has 7 rings (SSSR count). The summed E-state index contributed by atoms with van der Waals surface area (Å²) in [6.07, 6.45) is 9.88. The Kier molecular flexibility index (Phi) is 17.1. The molecule has 14 heteroatoms. The first-order chi connectivity index (χ1) is 33.0. The maximum Gasteiger partial charge on any atom is 0.305 e. The van der Waals surface area contributed by atoms with Gasteiger partial charge in [-0.25, -0.2) is 0 Å². The van der Waals surface area contributed by atoms with Gasteiger partial charge < -0.3 is 50.4 Å². The number of hydrogen-bond donors (Lipinski definition) is 6.